The molecule has 0 aliphatic heterocycles. The van der Waals surface area contributed by atoms with E-state index in [1.54, 1.807) is 12.1 Å². The lowest BCUT2D eigenvalue weighted by molar-refractivity contribution is -0.119. The van der Waals surface area contributed by atoms with Crippen LogP contribution in [-0.4, -0.2) is 33.2 Å². The Labute approximate surface area is 228 Å². The summed E-state index contributed by atoms with van der Waals surface area (Å²) in [6.07, 6.45) is 0.341. The minimum absolute atomic E-state index is 0.0430. The first-order valence-corrected chi connectivity index (χ1v) is 13.2. The topological polar surface area (TPSA) is 128 Å². The van der Waals surface area contributed by atoms with E-state index in [4.69, 9.17) is 5.73 Å². The molecule has 39 heavy (non-hydrogen) atoms. The fourth-order valence-corrected chi connectivity index (χ4v) is 5.07. The number of nitrogens with two attached hydrogens (primary N) is 1. The molecule has 3 aromatic carbocycles. The molecule has 7 heteroatoms. The molecular formula is C32H37N3O4. The maximum atomic E-state index is 12.4. The number of nitrogens with one attached hydrogen (secondary N) is 2. The van der Waals surface area contributed by atoms with Crippen LogP contribution in [0.5, 0.6) is 5.75 Å². The summed E-state index contributed by atoms with van der Waals surface area (Å²) >= 11 is 0. The third-order valence-electron chi connectivity index (χ3n) is 7.39. The zero-order valence-corrected chi connectivity index (χ0v) is 22.9. The lowest BCUT2D eigenvalue weighted by Crippen LogP contribution is -2.43. The first-order chi connectivity index (χ1) is 18.4. The van der Waals surface area contributed by atoms with Gasteiger partial charge in [0.15, 0.2) is 0 Å². The Morgan fingerprint density at radius 1 is 1.00 bits per heavy atom. The standard InChI is InChI=1S/C32H37N3O4/c1-19-8-9-21(14-20(19)2)16-26(31(33)39)23-7-5-6-22(15-23)17-32(3,4)34-18-28(37)24-10-12-27(36)30-25(24)11-13-29(38)35-30/h5-15,26,28,34,36-37H,16-18H2,1-4H3,(H2,33,39)(H,35,38)/t26?,28-/m0/s1. The van der Waals surface area contributed by atoms with Crippen molar-refractivity contribution in [3.05, 3.63) is 110 Å². The molecule has 0 saturated carbocycles. The number of hydrogen-bond acceptors (Lipinski definition) is 5. The Balaban J connectivity index is 1.47. The van der Waals surface area contributed by atoms with E-state index in [2.05, 4.69) is 56.2 Å². The van der Waals surface area contributed by atoms with Crippen LogP contribution in [0.25, 0.3) is 10.9 Å². The number of aromatic nitrogens is 1. The second-order valence-electron chi connectivity index (χ2n) is 11.1. The number of phenolic OH excluding ortho intramolecular Hbond substituents is 1. The molecule has 0 aliphatic rings. The van der Waals surface area contributed by atoms with Gasteiger partial charge >= 0.3 is 0 Å². The van der Waals surface area contributed by atoms with Crippen LogP contribution in [0.15, 0.2) is 71.5 Å². The molecular weight excluding hydrogens is 490 g/mol. The fraction of sp³-hybridized carbons (Fsp3) is 0.312. The molecule has 1 unspecified atom stereocenters. The zero-order valence-electron chi connectivity index (χ0n) is 22.9. The largest absolute Gasteiger partial charge is 0.506 e. The van der Waals surface area contributed by atoms with E-state index in [-0.39, 0.29) is 29.3 Å². The van der Waals surface area contributed by atoms with Crippen LogP contribution in [0.1, 0.15) is 59.3 Å². The number of phenols is 1. The average molecular weight is 528 g/mol. The van der Waals surface area contributed by atoms with Crippen molar-refractivity contribution < 1.29 is 15.0 Å². The molecule has 1 aromatic heterocycles. The maximum absolute atomic E-state index is 12.4. The van der Waals surface area contributed by atoms with Crippen LogP contribution in [-0.2, 0) is 17.6 Å². The smallest absolute Gasteiger partial charge is 0.248 e. The second kappa shape index (κ2) is 11.4. The van der Waals surface area contributed by atoms with Gasteiger partial charge in [-0.25, -0.2) is 0 Å². The summed E-state index contributed by atoms with van der Waals surface area (Å²) in [4.78, 5) is 26.8. The van der Waals surface area contributed by atoms with Gasteiger partial charge in [-0.15, -0.1) is 0 Å². The van der Waals surface area contributed by atoms with Gasteiger partial charge in [-0.1, -0.05) is 48.5 Å². The zero-order chi connectivity index (χ0) is 28.3. The number of amides is 1. The number of aryl methyl sites for hydroxylation is 2. The molecule has 0 saturated heterocycles. The van der Waals surface area contributed by atoms with Crippen molar-refractivity contribution >= 4 is 16.8 Å². The van der Waals surface area contributed by atoms with Crippen LogP contribution < -0.4 is 16.6 Å². The van der Waals surface area contributed by atoms with Gasteiger partial charge in [0.25, 0.3) is 0 Å². The summed E-state index contributed by atoms with van der Waals surface area (Å²) in [5, 5.41) is 25.1. The van der Waals surface area contributed by atoms with E-state index in [9.17, 15) is 19.8 Å². The highest BCUT2D eigenvalue weighted by Gasteiger charge is 2.23. The quantitative estimate of drug-likeness (QED) is 0.210. The van der Waals surface area contributed by atoms with Crippen molar-refractivity contribution in [3.8, 4) is 5.75 Å². The average Bonchev–Trinajstić information content (AvgIpc) is 2.88. The number of benzene rings is 3. The summed E-state index contributed by atoms with van der Waals surface area (Å²) < 4.78 is 0. The van der Waals surface area contributed by atoms with Gasteiger partial charge in [0.2, 0.25) is 11.5 Å². The number of pyridine rings is 1. The Morgan fingerprint density at radius 3 is 2.49 bits per heavy atom. The molecule has 0 radical (unpaired) electrons. The molecule has 1 heterocycles. The SMILES string of the molecule is Cc1ccc(CC(C(N)=O)c2cccc(CC(C)(C)NC[C@H](O)c3ccc(O)c4[nH]c(=O)ccc34)c2)cc1C. The van der Waals surface area contributed by atoms with Crippen LogP contribution in [0, 0.1) is 13.8 Å². The minimum atomic E-state index is -0.859. The number of aromatic hydroxyl groups is 1. The third-order valence-corrected chi connectivity index (χ3v) is 7.39. The second-order valence-corrected chi connectivity index (χ2v) is 11.1. The Bertz CT molecular complexity index is 1560. The highest BCUT2D eigenvalue weighted by molar-refractivity contribution is 5.87. The number of aliphatic hydroxyl groups is 1. The third kappa shape index (κ3) is 6.74. The summed E-state index contributed by atoms with van der Waals surface area (Å²) in [6.45, 7) is 8.51. The summed E-state index contributed by atoms with van der Waals surface area (Å²) in [5.74, 6) is -0.828. The van der Waals surface area contributed by atoms with E-state index in [1.807, 2.05) is 24.3 Å². The number of H-pyrrole nitrogens is 1. The number of hydrogen-bond donors (Lipinski definition) is 5. The fourth-order valence-electron chi connectivity index (χ4n) is 5.07. The summed E-state index contributed by atoms with van der Waals surface area (Å²) in [6, 6.07) is 20.3. The van der Waals surface area contributed by atoms with Gasteiger partial charge in [0, 0.05) is 23.5 Å². The van der Waals surface area contributed by atoms with Crippen molar-refractivity contribution in [2.24, 2.45) is 5.73 Å². The van der Waals surface area contributed by atoms with Crippen molar-refractivity contribution in [1.29, 1.82) is 0 Å². The van der Waals surface area contributed by atoms with E-state index < -0.39 is 12.0 Å². The van der Waals surface area contributed by atoms with E-state index >= 15 is 0 Å². The number of carbonyl (C=O) groups is 1. The van der Waals surface area contributed by atoms with Gasteiger partial charge in [-0.2, -0.15) is 0 Å². The number of rotatable bonds is 10. The van der Waals surface area contributed by atoms with Gasteiger partial charge in [0.1, 0.15) is 5.75 Å². The molecule has 1 amide bonds. The van der Waals surface area contributed by atoms with Crippen molar-refractivity contribution in [2.45, 2.75) is 58.1 Å². The summed E-state index contributed by atoms with van der Waals surface area (Å²) in [7, 11) is 0. The minimum Gasteiger partial charge on any atom is -0.506 e. The van der Waals surface area contributed by atoms with Crippen LogP contribution in [0.4, 0.5) is 0 Å². The first kappa shape index (κ1) is 28.1. The first-order valence-electron chi connectivity index (χ1n) is 13.2. The number of carbonyl (C=O) groups excluding carboxylic acids is 1. The van der Waals surface area contributed by atoms with Gasteiger partial charge in [0.05, 0.1) is 17.5 Å². The number of aromatic amines is 1. The van der Waals surface area contributed by atoms with E-state index in [0.717, 1.165) is 16.7 Å². The number of fused-ring (bicyclic) bond motifs is 1. The molecule has 4 rings (SSSR count). The highest BCUT2D eigenvalue weighted by Crippen LogP contribution is 2.29. The molecule has 2 atom stereocenters. The van der Waals surface area contributed by atoms with Crippen molar-refractivity contribution in [3.63, 3.8) is 0 Å². The lowest BCUT2D eigenvalue weighted by atomic mass is 9.87. The summed E-state index contributed by atoms with van der Waals surface area (Å²) in [5.41, 5.74) is 11.5. The predicted molar refractivity (Wildman–Crippen MR) is 155 cm³/mol. The highest BCUT2D eigenvalue weighted by atomic mass is 16.3. The monoisotopic (exact) mass is 527 g/mol. The Kier molecular flexibility index (Phi) is 8.23. The van der Waals surface area contributed by atoms with Crippen LogP contribution in [0.2, 0.25) is 0 Å². The van der Waals surface area contributed by atoms with E-state index in [1.165, 1.54) is 23.3 Å². The normalized spacial score (nSPS) is 13.4. The lowest BCUT2D eigenvalue weighted by Gasteiger charge is -2.29. The van der Waals surface area contributed by atoms with Crippen molar-refractivity contribution in [2.75, 3.05) is 6.54 Å². The van der Waals surface area contributed by atoms with Crippen LogP contribution in [0.3, 0.4) is 0 Å². The van der Waals surface area contributed by atoms with Gasteiger partial charge in [-0.3, -0.25) is 9.59 Å². The maximum Gasteiger partial charge on any atom is 0.248 e. The Hall–Kier alpha value is -3.94. The molecule has 0 fully saturated rings. The van der Waals surface area contributed by atoms with Crippen LogP contribution >= 0.6 is 0 Å². The van der Waals surface area contributed by atoms with Gasteiger partial charge in [-0.05, 0) is 86.1 Å². The number of aliphatic hydroxyl groups excluding tert-OH is 1. The molecule has 0 spiro atoms. The Morgan fingerprint density at radius 2 is 1.77 bits per heavy atom. The molecule has 0 aliphatic carbocycles. The van der Waals surface area contributed by atoms with Gasteiger partial charge < -0.3 is 26.2 Å². The molecule has 0 bridgehead atoms. The number of primary amides is 1. The molecule has 6 N–H and O–H groups in total. The number of β-amino-alcohol motifs (C(OH)–C–C–N with tert-alkyl or cyclic N) is 1. The molecule has 204 valence electrons. The molecule has 4 aromatic rings. The van der Waals surface area contributed by atoms with Crippen molar-refractivity contribution in [1.82, 2.24) is 10.3 Å². The molecule has 7 nitrogen and oxygen atoms in total. The predicted octanol–water partition coefficient (Wildman–Crippen LogP) is 4.31. The van der Waals surface area contributed by atoms with E-state index in [0.29, 0.717) is 29.3 Å².